The van der Waals surface area contributed by atoms with Crippen LogP contribution in [0, 0.1) is 0 Å². The van der Waals surface area contributed by atoms with Gasteiger partial charge in [0, 0.05) is 27.2 Å². The Balaban J connectivity index is 1.85. The molecule has 1 fully saturated rings. The molecule has 1 N–H and O–H groups in total. The van der Waals surface area contributed by atoms with E-state index in [4.69, 9.17) is 13.8 Å². The molecule has 0 spiro atoms. The van der Waals surface area contributed by atoms with E-state index in [1.54, 1.807) is 10.6 Å². The molecule has 1 saturated heterocycles. The molecule has 0 saturated carbocycles. The van der Waals surface area contributed by atoms with E-state index in [0.717, 1.165) is 14.2 Å². The van der Waals surface area contributed by atoms with E-state index in [1.165, 1.54) is 12.7 Å². The summed E-state index contributed by atoms with van der Waals surface area (Å²) in [5, 5.41) is 3.04. The SMILES string of the molecule is C=CCNc1ncnc2c1ncn2[C@H]1C[C@@H](OP(=O)([O-])OC)[C@@H](COP(=O)([O-])OC)O1. The third-order valence-electron chi connectivity index (χ3n) is 4.37. The maximum Gasteiger partial charge on any atom is 0.267 e. The number of ether oxygens (including phenoxy) is 1. The smallest absolute Gasteiger partial charge is 0.267 e. The van der Waals surface area contributed by atoms with Crippen molar-refractivity contribution in [2.24, 2.45) is 0 Å². The number of phosphoric acid groups is 2. The van der Waals surface area contributed by atoms with Gasteiger partial charge in [0.2, 0.25) is 0 Å². The molecule has 2 aromatic heterocycles. The zero-order valence-electron chi connectivity index (χ0n) is 16.7. The van der Waals surface area contributed by atoms with Gasteiger partial charge in [0.15, 0.2) is 17.0 Å². The number of nitrogens with zero attached hydrogens (tertiary/aromatic N) is 4. The number of nitrogens with one attached hydrogen (secondary N) is 1. The van der Waals surface area contributed by atoms with Crippen LogP contribution in [0.1, 0.15) is 12.6 Å². The average Bonchev–Trinajstić information content (AvgIpc) is 3.34. The molecule has 0 amide bonds. The number of rotatable bonds is 11. The van der Waals surface area contributed by atoms with Gasteiger partial charge in [-0.2, -0.15) is 0 Å². The van der Waals surface area contributed by atoms with Crippen LogP contribution in [-0.4, -0.2) is 59.1 Å². The van der Waals surface area contributed by atoms with Gasteiger partial charge in [-0.3, -0.25) is 13.7 Å². The summed E-state index contributed by atoms with van der Waals surface area (Å²) in [6, 6.07) is 0. The van der Waals surface area contributed by atoms with E-state index in [9.17, 15) is 18.9 Å². The molecular formula is C15H21N5O9P2-2. The van der Waals surface area contributed by atoms with Crippen LogP contribution in [0.2, 0.25) is 0 Å². The van der Waals surface area contributed by atoms with Gasteiger partial charge in [-0.25, -0.2) is 15.0 Å². The van der Waals surface area contributed by atoms with Gasteiger partial charge in [0.05, 0.1) is 19.0 Å². The zero-order valence-corrected chi connectivity index (χ0v) is 18.4. The summed E-state index contributed by atoms with van der Waals surface area (Å²) in [5.74, 6) is 0.477. The van der Waals surface area contributed by atoms with E-state index in [0.29, 0.717) is 23.5 Å². The number of fused-ring (bicyclic) bond motifs is 1. The minimum atomic E-state index is -4.64. The Kier molecular flexibility index (Phi) is 7.58. The molecule has 2 aromatic rings. The molecule has 1 aliphatic heterocycles. The fourth-order valence-electron chi connectivity index (χ4n) is 2.92. The predicted octanol–water partition coefficient (Wildman–Crippen LogP) is 0.343. The van der Waals surface area contributed by atoms with Crippen LogP contribution < -0.4 is 15.1 Å². The maximum absolute atomic E-state index is 11.8. The van der Waals surface area contributed by atoms with Gasteiger partial charge < -0.3 is 37.9 Å². The Labute approximate surface area is 177 Å². The van der Waals surface area contributed by atoms with Crippen LogP contribution in [0.4, 0.5) is 5.82 Å². The molecule has 172 valence electrons. The summed E-state index contributed by atoms with van der Waals surface area (Å²) in [5.41, 5.74) is 0.871. The van der Waals surface area contributed by atoms with Crippen LogP contribution in [0.15, 0.2) is 25.3 Å². The lowest BCUT2D eigenvalue weighted by atomic mass is 10.2. The van der Waals surface area contributed by atoms with Gasteiger partial charge in [-0.15, -0.1) is 6.58 Å². The number of hydrogen-bond acceptors (Lipinski definition) is 13. The topological polar surface area (TPSA) is 182 Å². The van der Waals surface area contributed by atoms with Crippen molar-refractivity contribution in [2.75, 3.05) is 32.7 Å². The highest BCUT2D eigenvalue weighted by molar-refractivity contribution is 7.46. The molecule has 0 aliphatic carbocycles. The summed E-state index contributed by atoms with van der Waals surface area (Å²) >= 11 is 0. The van der Waals surface area contributed by atoms with Crippen molar-refractivity contribution in [1.29, 1.82) is 0 Å². The summed E-state index contributed by atoms with van der Waals surface area (Å²) in [4.78, 5) is 35.9. The lowest BCUT2D eigenvalue weighted by Gasteiger charge is -2.28. The van der Waals surface area contributed by atoms with Crippen molar-refractivity contribution < 1.29 is 41.7 Å². The van der Waals surface area contributed by atoms with Crippen molar-refractivity contribution in [1.82, 2.24) is 19.5 Å². The molecule has 3 heterocycles. The van der Waals surface area contributed by atoms with Gasteiger partial charge in [0.25, 0.3) is 15.6 Å². The summed E-state index contributed by atoms with van der Waals surface area (Å²) in [7, 11) is -7.32. The molecular weight excluding hydrogens is 456 g/mol. The molecule has 3 rings (SSSR count). The minimum Gasteiger partial charge on any atom is -0.756 e. The molecule has 0 bridgehead atoms. The van der Waals surface area contributed by atoms with Crippen molar-refractivity contribution in [3.05, 3.63) is 25.3 Å². The fraction of sp³-hybridized carbons (Fsp3) is 0.533. The van der Waals surface area contributed by atoms with E-state index >= 15 is 0 Å². The van der Waals surface area contributed by atoms with Crippen molar-refractivity contribution >= 4 is 32.6 Å². The molecule has 14 nitrogen and oxygen atoms in total. The summed E-state index contributed by atoms with van der Waals surface area (Å²) < 4.78 is 49.0. The first-order valence-electron chi connectivity index (χ1n) is 8.94. The van der Waals surface area contributed by atoms with Crippen LogP contribution in [0.5, 0.6) is 0 Å². The first kappa shape index (κ1) is 23.9. The fourth-order valence-corrected chi connectivity index (χ4v) is 3.99. The minimum absolute atomic E-state index is 0.0185. The molecule has 16 heteroatoms. The highest BCUT2D eigenvalue weighted by Gasteiger charge is 2.40. The summed E-state index contributed by atoms with van der Waals surface area (Å²) in [6.07, 6.45) is 1.51. The van der Waals surface area contributed by atoms with Crippen LogP contribution in [-0.2, 0) is 32.0 Å². The quantitative estimate of drug-likeness (QED) is 0.346. The lowest BCUT2D eigenvalue weighted by Crippen LogP contribution is -2.30. The monoisotopic (exact) mass is 477 g/mol. The number of anilines is 1. The standard InChI is InChI=1S/C15H23N5O9P2/c1-4-5-16-14-13-15(18-8-17-14)20(9-19-13)12-6-10(29-31(23,24)26-3)11(28-12)7-27-30(21,22)25-2/h4,8-12H,1,5-7H2,2-3H3,(H,21,22)(H,23,24)(H,16,17,18)/p-2/t10-,11-,12-/m1/s1. The molecule has 0 radical (unpaired) electrons. The summed E-state index contributed by atoms with van der Waals surface area (Å²) in [6.45, 7) is 3.55. The molecule has 2 unspecified atom stereocenters. The largest absolute Gasteiger partial charge is 0.756 e. The van der Waals surface area contributed by atoms with E-state index < -0.39 is 40.7 Å². The second kappa shape index (κ2) is 9.82. The number of hydrogen-bond donors (Lipinski definition) is 1. The van der Waals surface area contributed by atoms with Crippen molar-refractivity contribution in [2.45, 2.75) is 24.9 Å². The third-order valence-corrected chi connectivity index (χ3v) is 6.26. The molecule has 5 atom stereocenters. The van der Waals surface area contributed by atoms with Crippen LogP contribution in [0.3, 0.4) is 0 Å². The normalized spacial score (nSPS) is 25.2. The molecule has 0 aromatic carbocycles. The van der Waals surface area contributed by atoms with E-state index in [2.05, 4.69) is 35.9 Å². The molecule has 31 heavy (non-hydrogen) atoms. The molecule has 1 aliphatic rings. The Morgan fingerprint density at radius 3 is 2.71 bits per heavy atom. The number of imidazole rings is 1. The Morgan fingerprint density at radius 1 is 1.29 bits per heavy atom. The van der Waals surface area contributed by atoms with Gasteiger partial charge in [-0.05, 0) is 0 Å². The van der Waals surface area contributed by atoms with Gasteiger partial charge in [-0.1, -0.05) is 6.08 Å². The Bertz CT molecular complexity index is 1020. The number of phosphoric ester groups is 2. The highest BCUT2D eigenvalue weighted by Crippen LogP contribution is 2.46. The second-order valence-electron chi connectivity index (χ2n) is 6.28. The first-order valence-corrected chi connectivity index (χ1v) is 11.9. The lowest BCUT2D eigenvalue weighted by molar-refractivity contribution is -0.231. The van der Waals surface area contributed by atoms with E-state index in [1.807, 2.05) is 0 Å². The van der Waals surface area contributed by atoms with E-state index in [-0.39, 0.29) is 6.42 Å². The number of aromatic nitrogens is 4. The first-order chi connectivity index (χ1) is 14.7. The van der Waals surface area contributed by atoms with Crippen LogP contribution >= 0.6 is 15.6 Å². The average molecular weight is 477 g/mol. The Hall–Kier alpha value is -1.73. The second-order valence-corrected chi connectivity index (χ2v) is 9.27. The van der Waals surface area contributed by atoms with Crippen molar-refractivity contribution in [3.8, 4) is 0 Å². The van der Waals surface area contributed by atoms with Gasteiger partial charge >= 0.3 is 0 Å². The van der Waals surface area contributed by atoms with Crippen molar-refractivity contribution in [3.63, 3.8) is 0 Å². The van der Waals surface area contributed by atoms with Crippen LogP contribution in [0.25, 0.3) is 11.2 Å². The Morgan fingerprint density at radius 2 is 2.03 bits per heavy atom. The third kappa shape index (κ3) is 5.75. The highest BCUT2D eigenvalue weighted by atomic mass is 31.2. The maximum atomic E-state index is 11.8. The van der Waals surface area contributed by atoms with Gasteiger partial charge in [0.1, 0.15) is 18.7 Å². The zero-order chi connectivity index (χ0) is 22.6. The predicted molar refractivity (Wildman–Crippen MR) is 103 cm³/mol.